The Bertz CT molecular complexity index is 801. The minimum Gasteiger partial charge on any atom is -0.426 e. The zero-order valence-electron chi connectivity index (χ0n) is 18.1. The summed E-state index contributed by atoms with van der Waals surface area (Å²) in [6, 6.07) is 5.81. The number of unbranched alkanes of at least 4 members (excludes halogenated alkanes) is 1. The predicted octanol–water partition coefficient (Wildman–Crippen LogP) is 6.65. The highest BCUT2D eigenvalue weighted by atomic mass is 19.1. The van der Waals surface area contributed by atoms with Gasteiger partial charge in [0.05, 0.1) is 11.5 Å². The predicted molar refractivity (Wildman–Crippen MR) is 114 cm³/mol. The van der Waals surface area contributed by atoms with Crippen LogP contribution in [0.25, 0.3) is 0 Å². The lowest BCUT2D eigenvalue weighted by Crippen LogP contribution is -2.42. The van der Waals surface area contributed by atoms with Crippen LogP contribution in [-0.4, -0.2) is 5.97 Å². The minimum atomic E-state index is -0.639. The van der Waals surface area contributed by atoms with E-state index in [1.165, 1.54) is 63.5 Å². The average molecular weight is 412 g/mol. The van der Waals surface area contributed by atoms with E-state index < -0.39 is 5.82 Å². The van der Waals surface area contributed by atoms with Gasteiger partial charge in [-0.15, -0.1) is 0 Å². The van der Waals surface area contributed by atoms with Gasteiger partial charge in [-0.2, -0.15) is 5.26 Å². The highest BCUT2D eigenvalue weighted by molar-refractivity contribution is 5.75. The Balaban J connectivity index is 1.32. The summed E-state index contributed by atoms with van der Waals surface area (Å²) in [6.07, 6.45) is 13.8. The fraction of sp³-hybridized carbons (Fsp3) is 0.692. The standard InChI is InChI=1S/C26H34FNO2/c1-2-3-4-17-5-11-23-18(13-17)6-7-19-14-20(9-12-24(19)23)26(29)30-22-10-8-21(16-28)25(27)15-22/h8,10,15,17-20,23-24H,2-7,9,11-14H2,1H3. The molecule has 3 aliphatic rings. The van der Waals surface area contributed by atoms with Crippen molar-refractivity contribution in [2.75, 3.05) is 0 Å². The first-order valence-corrected chi connectivity index (χ1v) is 12.0. The lowest BCUT2D eigenvalue weighted by Gasteiger charge is -2.50. The fourth-order valence-electron chi connectivity index (χ4n) is 6.71. The number of rotatable bonds is 5. The number of halogens is 1. The second-order valence-electron chi connectivity index (χ2n) is 9.93. The molecule has 0 spiro atoms. The highest BCUT2D eigenvalue weighted by Crippen LogP contribution is 2.54. The molecule has 0 saturated heterocycles. The average Bonchev–Trinajstić information content (AvgIpc) is 2.77. The normalized spacial score (nSPS) is 33.1. The first-order chi connectivity index (χ1) is 14.6. The van der Waals surface area contributed by atoms with Crippen LogP contribution in [0, 0.1) is 52.7 Å². The number of nitrogens with zero attached hydrogens (tertiary/aromatic N) is 1. The van der Waals surface area contributed by atoms with Gasteiger partial charge in [0, 0.05) is 6.07 Å². The van der Waals surface area contributed by atoms with E-state index in [2.05, 4.69) is 6.92 Å². The van der Waals surface area contributed by atoms with Crippen molar-refractivity contribution in [2.45, 2.75) is 77.6 Å². The van der Waals surface area contributed by atoms with Crippen LogP contribution in [0.4, 0.5) is 4.39 Å². The molecule has 3 aliphatic carbocycles. The van der Waals surface area contributed by atoms with Crippen molar-refractivity contribution in [1.29, 1.82) is 5.26 Å². The summed E-state index contributed by atoms with van der Waals surface area (Å²) in [5.74, 6) is 3.40. The van der Waals surface area contributed by atoms with Gasteiger partial charge in [-0.1, -0.05) is 32.6 Å². The number of nitriles is 1. The van der Waals surface area contributed by atoms with Gasteiger partial charge in [0.25, 0.3) is 0 Å². The number of fused-ring (bicyclic) bond motifs is 3. The van der Waals surface area contributed by atoms with Crippen LogP contribution in [-0.2, 0) is 4.79 Å². The van der Waals surface area contributed by atoms with Crippen molar-refractivity contribution in [3.05, 3.63) is 29.6 Å². The molecule has 0 amide bonds. The number of hydrogen-bond donors (Lipinski definition) is 0. The fourth-order valence-corrected chi connectivity index (χ4v) is 6.71. The molecule has 1 aromatic carbocycles. The topological polar surface area (TPSA) is 50.1 Å². The zero-order chi connectivity index (χ0) is 21.1. The molecule has 3 saturated carbocycles. The van der Waals surface area contributed by atoms with Gasteiger partial charge < -0.3 is 4.74 Å². The van der Waals surface area contributed by atoms with Crippen molar-refractivity contribution < 1.29 is 13.9 Å². The Morgan fingerprint density at radius 3 is 2.53 bits per heavy atom. The lowest BCUT2D eigenvalue weighted by atomic mass is 9.55. The Labute approximate surface area is 180 Å². The Kier molecular flexibility index (Phi) is 6.76. The van der Waals surface area contributed by atoms with Gasteiger partial charge in [-0.25, -0.2) is 4.39 Å². The third-order valence-electron chi connectivity index (χ3n) is 8.23. The first kappa shape index (κ1) is 21.3. The van der Waals surface area contributed by atoms with Gasteiger partial charge in [0.2, 0.25) is 0 Å². The van der Waals surface area contributed by atoms with Crippen LogP contribution in [0.5, 0.6) is 5.75 Å². The number of ether oxygens (including phenoxy) is 1. The molecule has 0 aromatic heterocycles. The van der Waals surface area contributed by atoms with E-state index >= 15 is 0 Å². The quantitative estimate of drug-likeness (QED) is 0.402. The van der Waals surface area contributed by atoms with Crippen LogP contribution >= 0.6 is 0 Å². The molecule has 4 heteroatoms. The summed E-state index contributed by atoms with van der Waals surface area (Å²) < 4.78 is 19.3. The molecule has 0 N–H and O–H groups in total. The smallest absolute Gasteiger partial charge is 0.314 e. The van der Waals surface area contributed by atoms with Crippen molar-refractivity contribution in [1.82, 2.24) is 0 Å². The summed E-state index contributed by atoms with van der Waals surface area (Å²) in [5.41, 5.74) is -0.0310. The van der Waals surface area contributed by atoms with E-state index in [9.17, 15) is 9.18 Å². The minimum absolute atomic E-state index is 0.0310. The summed E-state index contributed by atoms with van der Waals surface area (Å²) in [5, 5.41) is 8.84. The molecule has 3 nitrogen and oxygen atoms in total. The molecule has 0 heterocycles. The first-order valence-electron chi connectivity index (χ1n) is 12.0. The second-order valence-corrected chi connectivity index (χ2v) is 9.93. The maximum absolute atomic E-state index is 13.8. The van der Waals surface area contributed by atoms with Crippen LogP contribution in [0.15, 0.2) is 18.2 Å². The Hall–Kier alpha value is -1.89. The number of benzene rings is 1. The summed E-state index contributed by atoms with van der Waals surface area (Å²) in [4.78, 5) is 12.7. The number of carbonyl (C=O) groups excluding carboxylic acids is 1. The molecule has 1 aromatic rings. The Morgan fingerprint density at radius 2 is 1.83 bits per heavy atom. The molecule has 6 atom stereocenters. The van der Waals surface area contributed by atoms with E-state index in [4.69, 9.17) is 10.00 Å². The molecule has 6 unspecified atom stereocenters. The van der Waals surface area contributed by atoms with E-state index in [0.29, 0.717) is 5.92 Å². The van der Waals surface area contributed by atoms with E-state index in [1.807, 2.05) is 0 Å². The van der Waals surface area contributed by atoms with Crippen molar-refractivity contribution >= 4 is 5.97 Å². The molecule has 0 bridgehead atoms. The molecule has 4 rings (SSSR count). The van der Waals surface area contributed by atoms with Gasteiger partial charge >= 0.3 is 5.97 Å². The van der Waals surface area contributed by atoms with Gasteiger partial charge in [0.1, 0.15) is 17.6 Å². The van der Waals surface area contributed by atoms with Crippen LogP contribution in [0.3, 0.4) is 0 Å². The van der Waals surface area contributed by atoms with E-state index in [1.54, 1.807) is 6.07 Å². The molecule has 0 aliphatic heterocycles. The summed E-state index contributed by atoms with van der Waals surface area (Å²) in [6.45, 7) is 2.29. The highest BCUT2D eigenvalue weighted by Gasteiger charge is 2.45. The van der Waals surface area contributed by atoms with Crippen molar-refractivity contribution in [3.8, 4) is 11.8 Å². The summed E-state index contributed by atoms with van der Waals surface area (Å²) >= 11 is 0. The molecular weight excluding hydrogens is 377 g/mol. The van der Waals surface area contributed by atoms with Gasteiger partial charge in [-0.05, 0) is 86.7 Å². The van der Waals surface area contributed by atoms with Gasteiger partial charge in [0.15, 0.2) is 0 Å². The van der Waals surface area contributed by atoms with Crippen LogP contribution < -0.4 is 4.74 Å². The zero-order valence-corrected chi connectivity index (χ0v) is 18.1. The Morgan fingerprint density at radius 1 is 1.10 bits per heavy atom. The molecular formula is C26H34FNO2. The largest absolute Gasteiger partial charge is 0.426 e. The van der Waals surface area contributed by atoms with E-state index in [-0.39, 0.29) is 23.2 Å². The van der Waals surface area contributed by atoms with Crippen molar-refractivity contribution in [3.63, 3.8) is 0 Å². The third-order valence-corrected chi connectivity index (χ3v) is 8.23. The molecule has 162 valence electrons. The molecule has 0 radical (unpaired) electrons. The number of esters is 1. The monoisotopic (exact) mass is 411 g/mol. The van der Waals surface area contributed by atoms with Crippen molar-refractivity contribution in [2.24, 2.45) is 35.5 Å². The van der Waals surface area contributed by atoms with E-state index in [0.717, 1.165) is 49.0 Å². The van der Waals surface area contributed by atoms with Gasteiger partial charge in [-0.3, -0.25) is 4.79 Å². The maximum Gasteiger partial charge on any atom is 0.314 e. The van der Waals surface area contributed by atoms with Crippen LogP contribution in [0.1, 0.15) is 83.1 Å². The SMILES string of the molecule is CCCCC1CCC2C(CCC3CC(C(=O)Oc4ccc(C#N)c(F)c4)CCC32)C1. The third kappa shape index (κ3) is 4.56. The number of hydrogen-bond acceptors (Lipinski definition) is 3. The van der Waals surface area contributed by atoms with Crippen LogP contribution in [0.2, 0.25) is 0 Å². The lowest BCUT2D eigenvalue weighted by molar-refractivity contribution is -0.142. The molecule has 30 heavy (non-hydrogen) atoms. The maximum atomic E-state index is 13.8. The summed E-state index contributed by atoms with van der Waals surface area (Å²) in [7, 11) is 0. The number of carbonyl (C=O) groups is 1. The second kappa shape index (κ2) is 9.50. The molecule has 3 fully saturated rings.